The molecule has 2 atom stereocenters. The number of nitro benzene ring substituents is 1. The first kappa shape index (κ1) is 10.9. The SMILES string of the molecule is NC1CC1Nc1ccc2ncccc2c1[N+](=O)[O-]. The summed E-state index contributed by atoms with van der Waals surface area (Å²) in [6, 6.07) is 7.10. The summed E-state index contributed by atoms with van der Waals surface area (Å²) in [5.41, 5.74) is 6.91. The first-order valence-electron chi connectivity index (χ1n) is 5.71. The molecule has 1 fully saturated rings. The third-order valence-corrected chi connectivity index (χ3v) is 3.12. The molecule has 6 nitrogen and oxygen atoms in total. The lowest BCUT2D eigenvalue weighted by molar-refractivity contribution is -0.382. The number of benzene rings is 1. The molecule has 6 heteroatoms. The average Bonchev–Trinajstić information content (AvgIpc) is 3.04. The molecular formula is C12H12N4O2. The Morgan fingerprint density at radius 3 is 2.89 bits per heavy atom. The third-order valence-electron chi connectivity index (χ3n) is 3.12. The van der Waals surface area contributed by atoms with Gasteiger partial charge in [-0.05, 0) is 30.7 Å². The number of nitro groups is 1. The van der Waals surface area contributed by atoms with Gasteiger partial charge >= 0.3 is 5.69 Å². The van der Waals surface area contributed by atoms with E-state index in [1.54, 1.807) is 30.5 Å². The van der Waals surface area contributed by atoms with Crippen LogP contribution in [0.3, 0.4) is 0 Å². The van der Waals surface area contributed by atoms with Crippen molar-refractivity contribution in [3.8, 4) is 0 Å². The van der Waals surface area contributed by atoms with Crippen LogP contribution in [0.25, 0.3) is 10.9 Å². The molecule has 0 spiro atoms. The monoisotopic (exact) mass is 244 g/mol. The van der Waals surface area contributed by atoms with Gasteiger partial charge in [-0.25, -0.2) is 0 Å². The summed E-state index contributed by atoms with van der Waals surface area (Å²) in [5, 5.41) is 14.9. The van der Waals surface area contributed by atoms with Gasteiger partial charge < -0.3 is 11.1 Å². The van der Waals surface area contributed by atoms with E-state index in [4.69, 9.17) is 5.73 Å². The van der Waals surface area contributed by atoms with E-state index in [0.717, 1.165) is 6.42 Å². The molecule has 1 aromatic carbocycles. The first-order valence-corrected chi connectivity index (χ1v) is 5.71. The van der Waals surface area contributed by atoms with Crippen LogP contribution in [0.1, 0.15) is 6.42 Å². The topological polar surface area (TPSA) is 94.1 Å². The standard InChI is InChI=1S/C12H12N4O2/c13-8-6-11(8)15-10-4-3-9-7(2-1-5-14-9)12(10)16(17)18/h1-5,8,11,15H,6,13H2. The van der Waals surface area contributed by atoms with Crippen molar-refractivity contribution in [2.45, 2.75) is 18.5 Å². The fourth-order valence-corrected chi connectivity index (χ4v) is 2.03. The van der Waals surface area contributed by atoms with Crippen molar-refractivity contribution in [1.82, 2.24) is 4.98 Å². The highest BCUT2D eigenvalue weighted by Gasteiger charge is 2.35. The number of anilines is 1. The van der Waals surface area contributed by atoms with E-state index >= 15 is 0 Å². The second-order valence-corrected chi connectivity index (χ2v) is 4.44. The molecule has 0 aliphatic heterocycles. The lowest BCUT2D eigenvalue weighted by Crippen LogP contribution is -2.14. The van der Waals surface area contributed by atoms with Gasteiger partial charge in [0.25, 0.3) is 0 Å². The molecule has 3 rings (SSSR count). The van der Waals surface area contributed by atoms with Gasteiger partial charge in [-0.15, -0.1) is 0 Å². The maximum absolute atomic E-state index is 11.2. The second kappa shape index (κ2) is 3.92. The Hall–Kier alpha value is -2.21. The van der Waals surface area contributed by atoms with Crippen LogP contribution in [-0.2, 0) is 0 Å². The predicted molar refractivity (Wildman–Crippen MR) is 68.4 cm³/mol. The van der Waals surface area contributed by atoms with Crippen molar-refractivity contribution in [2.75, 3.05) is 5.32 Å². The Morgan fingerprint density at radius 2 is 2.22 bits per heavy atom. The number of hydrogen-bond donors (Lipinski definition) is 2. The zero-order valence-electron chi connectivity index (χ0n) is 9.54. The van der Waals surface area contributed by atoms with Crippen LogP contribution in [0.5, 0.6) is 0 Å². The highest BCUT2D eigenvalue weighted by atomic mass is 16.6. The number of pyridine rings is 1. The smallest absolute Gasteiger partial charge is 0.301 e. The minimum atomic E-state index is -0.375. The van der Waals surface area contributed by atoms with E-state index in [0.29, 0.717) is 16.6 Å². The number of nitrogens with two attached hydrogens (primary N) is 1. The zero-order valence-corrected chi connectivity index (χ0v) is 9.54. The van der Waals surface area contributed by atoms with Crippen LogP contribution < -0.4 is 11.1 Å². The van der Waals surface area contributed by atoms with E-state index in [9.17, 15) is 10.1 Å². The van der Waals surface area contributed by atoms with E-state index in [-0.39, 0.29) is 22.7 Å². The maximum atomic E-state index is 11.2. The fourth-order valence-electron chi connectivity index (χ4n) is 2.03. The molecular weight excluding hydrogens is 232 g/mol. The number of fused-ring (bicyclic) bond motifs is 1. The molecule has 2 unspecified atom stereocenters. The molecule has 18 heavy (non-hydrogen) atoms. The summed E-state index contributed by atoms with van der Waals surface area (Å²) in [6.45, 7) is 0. The number of nitrogens with zero attached hydrogens (tertiary/aromatic N) is 2. The number of rotatable bonds is 3. The molecule has 0 radical (unpaired) electrons. The molecule has 3 N–H and O–H groups in total. The lowest BCUT2D eigenvalue weighted by Gasteiger charge is -2.07. The van der Waals surface area contributed by atoms with Crippen molar-refractivity contribution in [1.29, 1.82) is 0 Å². The second-order valence-electron chi connectivity index (χ2n) is 4.44. The number of aromatic nitrogens is 1. The van der Waals surface area contributed by atoms with Crippen LogP contribution >= 0.6 is 0 Å². The third kappa shape index (κ3) is 1.76. The minimum Gasteiger partial charge on any atom is -0.375 e. The van der Waals surface area contributed by atoms with Gasteiger partial charge in [-0.1, -0.05) is 0 Å². The predicted octanol–water partition coefficient (Wildman–Crippen LogP) is 1.65. The molecule has 1 heterocycles. The van der Waals surface area contributed by atoms with E-state index < -0.39 is 0 Å². The molecule has 1 aromatic heterocycles. The number of nitrogens with one attached hydrogen (secondary N) is 1. The van der Waals surface area contributed by atoms with Crippen molar-refractivity contribution in [3.63, 3.8) is 0 Å². The van der Waals surface area contributed by atoms with Gasteiger partial charge in [-0.3, -0.25) is 15.1 Å². The van der Waals surface area contributed by atoms with Gasteiger partial charge in [0.15, 0.2) is 0 Å². The van der Waals surface area contributed by atoms with Gasteiger partial charge in [0.05, 0.1) is 15.8 Å². The molecule has 1 aliphatic carbocycles. The highest BCUT2D eigenvalue weighted by molar-refractivity contribution is 5.94. The van der Waals surface area contributed by atoms with Crippen molar-refractivity contribution >= 4 is 22.3 Å². The zero-order chi connectivity index (χ0) is 12.7. The molecule has 1 saturated carbocycles. The van der Waals surface area contributed by atoms with Crippen molar-refractivity contribution < 1.29 is 4.92 Å². The average molecular weight is 244 g/mol. The van der Waals surface area contributed by atoms with Crippen LogP contribution in [0.2, 0.25) is 0 Å². The molecule has 92 valence electrons. The van der Waals surface area contributed by atoms with Crippen LogP contribution in [0, 0.1) is 10.1 Å². The highest BCUT2D eigenvalue weighted by Crippen LogP contribution is 2.35. The Morgan fingerprint density at radius 1 is 1.44 bits per heavy atom. The van der Waals surface area contributed by atoms with Crippen LogP contribution in [0.4, 0.5) is 11.4 Å². The van der Waals surface area contributed by atoms with E-state index in [1.165, 1.54) is 0 Å². The van der Waals surface area contributed by atoms with Crippen molar-refractivity contribution in [2.24, 2.45) is 5.73 Å². The molecule has 2 aromatic rings. The molecule has 1 aliphatic rings. The minimum absolute atomic E-state index is 0.0692. The number of hydrogen-bond acceptors (Lipinski definition) is 5. The molecule has 0 saturated heterocycles. The van der Waals surface area contributed by atoms with Gasteiger partial charge in [0.1, 0.15) is 5.69 Å². The summed E-state index contributed by atoms with van der Waals surface area (Å²) in [4.78, 5) is 15.0. The Kier molecular flexibility index (Phi) is 2.38. The maximum Gasteiger partial charge on any atom is 0.301 e. The molecule has 0 amide bonds. The normalized spacial score (nSPS) is 21.8. The summed E-state index contributed by atoms with van der Waals surface area (Å²) >= 11 is 0. The summed E-state index contributed by atoms with van der Waals surface area (Å²) in [7, 11) is 0. The summed E-state index contributed by atoms with van der Waals surface area (Å²) < 4.78 is 0. The fraction of sp³-hybridized carbons (Fsp3) is 0.250. The van der Waals surface area contributed by atoms with Gasteiger partial charge in [0.2, 0.25) is 0 Å². The van der Waals surface area contributed by atoms with Crippen molar-refractivity contribution in [3.05, 3.63) is 40.6 Å². The van der Waals surface area contributed by atoms with E-state index in [1.807, 2.05) is 0 Å². The lowest BCUT2D eigenvalue weighted by atomic mass is 10.1. The van der Waals surface area contributed by atoms with Gasteiger partial charge in [-0.2, -0.15) is 0 Å². The Balaban J connectivity index is 2.12. The van der Waals surface area contributed by atoms with E-state index in [2.05, 4.69) is 10.3 Å². The van der Waals surface area contributed by atoms with Crippen LogP contribution in [-0.4, -0.2) is 22.0 Å². The first-order chi connectivity index (χ1) is 8.66. The summed E-state index contributed by atoms with van der Waals surface area (Å²) in [5.74, 6) is 0. The summed E-state index contributed by atoms with van der Waals surface area (Å²) in [6.07, 6.45) is 2.47. The molecule has 0 bridgehead atoms. The Labute approximate surface area is 103 Å². The van der Waals surface area contributed by atoms with Gasteiger partial charge in [0, 0.05) is 18.3 Å². The largest absolute Gasteiger partial charge is 0.375 e. The quantitative estimate of drug-likeness (QED) is 0.632. The Bertz CT molecular complexity index is 629. The van der Waals surface area contributed by atoms with Crippen LogP contribution in [0.15, 0.2) is 30.5 Å².